The molecule has 0 saturated heterocycles. The fraction of sp³-hybridized carbons (Fsp3) is 0.886. The van der Waals surface area contributed by atoms with Crippen LogP contribution in [0, 0.1) is 80.8 Å². The Morgan fingerprint density at radius 3 is 1.50 bits per heavy atom. The first-order chi connectivity index (χ1) is 24.4. The van der Waals surface area contributed by atoms with Gasteiger partial charge in [0.15, 0.2) is 5.78 Å². The van der Waals surface area contributed by atoms with Crippen LogP contribution in [-0.4, -0.2) is 58.1 Å². The van der Waals surface area contributed by atoms with Crippen molar-refractivity contribution >= 4 is 29.1 Å². The van der Waals surface area contributed by atoms with E-state index in [0.717, 1.165) is 89.9 Å². The minimum Gasteiger partial charge on any atom is -0.458 e. The van der Waals surface area contributed by atoms with Gasteiger partial charge >= 0.3 is 5.97 Å². The lowest BCUT2D eigenvalue weighted by Gasteiger charge is -2.59. The van der Waals surface area contributed by atoms with E-state index in [1.807, 2.05) is 0 Å². The normalized spacial score (nSPS) is 50.5. The van der Waals surface area contributed by atoms with Crippen molar-refractivity contribution in [3.63, 3.8) is 0 Å². The number of aliphatic hydroxyl groups excluding tert-OH is 2. The lowest BCUT2D eigenvalue weighted by molar-refractivity contribution is -0.164. The first kappa shape index (κ1) is 38.3. The number of ketones is 4. The van der Waals surface area contributed by atoms with Crippen molar-refractivity contribution < 1.29 is 38.9 Å². The molecular weight excluding hydrogens is 656 g/mol. The Balaban J connectivity index is 0.000000164. The summed E-state index contributed by atoms with van der Waals surface area (Å²) in [5.41, 5.74) is -0.316. The number of fused-ring (bicyclic) bond motifs is 10. The van der Waals surface area contributed by atoms with Crippen LogP contribution in [0.4, 0.5) is 0 Å². The third-order valence-electron chi connectivity index (χ3n) is 17.9. The molecule has 8 nitrogen and oxygen atoms in total. The molecule has 8 rings (SSSR count). The van der Waals surface area contributed by atoms with E-state index in [-0.39, 0.29) is 75.7 Å². The smallest absolute Gasteiger partial charge is 0.303 e. The first-order valence-corrected chi connectivity index (χ1v) is 21.0. The predicted molar refractivity (Wildman–Crippen MR) is 196 cm³/mol. The van der Waals surface area contributed by atoms with Crippen LogP contribution >= 0.6 is 0 Å². The summed E-state index contributed by atoms with van der Waals surface area (Å²) < 4.78 is 4.97. The largest absolute Gasteiger partial charge is 0.458 e. The average molecular weight is 723 g/mol. The van der Waals surface area contributed by atoms with E-state index < -0.39 is 5.97 Å². The summed E-state index contributed by atoms with van der Waals surface area (Å²) in [7, 11) is 0. The zero-order valence-corrected chi connectivity index (χ0v) is 32.8. The minimum absolute atomic E-state index is 0.000393. The Kier molecular flexibility index (Phi) is 10.1. The van der Waals surface area contributed by atoms with Gasteiger partial charge in [0.25, 0.3) is 0 Å². The molecule has 0 spiro atoms. The number of carbonyl (C=O) groups excluding carboxylic acids is 5. The summed E-state index contributed by atoms with van der Waals surface area (Å²) in [5, 5.41) is 20.2. The van der Waals surface area contributed by atoms with E-state index in [0.29, 0.717) is 59.9 Å². The van der Waals surface area contributed by atoms with Crippen LogP contribution < -0.4 is 0 Å². The molecule has 0 heterocycles. The van der Waals surface area contributed by atoms with Crippen molar-refractivity contribution in [3.05, 3.63) is 0 Å². The van der Waals surface area contributed by atoms with Gasteiger partial charge in [-0.15, -0.1) is 0 Å². The maximum atomic E-state index is 13.5. The second kappa shape index (κ2) is 13.7. The zero-order chi connectivity index (χ0) is 37.5. The molecule has 8 aliphatic rings. The standard InChI is InChI=1S/C23H34O5.C21H32O3/c1-13(24)28-12-20(27)18-7-6-17-16-5-4-14-10-15(25)8-9-22(14,2)21(16)19(26)11-23(17,18)3;1-12(22)16-6-7-17-15-5-4-13-10-14(23)8-9-20(13,2)19(15)18(24)11-21(16,17)3/h14-18,21,25H,4-12H2,1-3H3;13-17,19,23H,4-11H2,1-3H3/t14-,15-,16-,17-,18-,21+,22-,23+;13-,14-,15-,16-,17-,19+,20-,21-/m00/s1. The molecule has 0 bridgehead atoms. The molecular formula is C44H66O8. The number of hydrogen-bond acceptors (Lipinski definition) is 8. The van der Waals surface area contributed by atoms with Gasteiger partial charge in [-0.25, -0.2) is 0 Å². The molecule has 290 valence electrons. The van der Waals surface area contributed by atoms with Crippen LogP contribution in [-0.2, 0) is 28.7 Å². The molecule has 0 unspecified atom stereocenters. The molecule has 0 aliphatic heterocycles. The molecule has 8 saturated carbocycles. The van der Waals surface area contributed by atoms with Crippen molar-refractivity contribution in [1.29, 1.82) is 0 Å². The van der Waals surface area contributed by atoms with Gasteiger partial charge in [0.1, 0.15) is 24.0 Å². The van der Waals surface area contributed by atoms with Gasteiger partial charge in [-0.2, -0.15) is 0 Å². The highest BCUT2D eigenvalue weighted by atomic mass is 16.5. The van der Waals surface area contributed by atoms with Crippen LogP contribution in [0.25, 0.3) is 0 Å². The SMILES string of the molecule is CC(=O)OCC(=O)[C@@H]1CC[C@H]2[C@@H]3CC[C@H]4C[C@@H](O)CC[C@]4(C)[C@H]3C(=O)C[C@@]12C.CC(=O)[C@@H]1CC[C@H]2[C@@H]3CC[C@H]4C[C@@H](O)CC[C@]4(C)[C@H]3C(=O)C[C@@]12C. The average Bonchev–Trinajstić information content (AvgIpc) is 3.60. The quantitative estimate of drug-likeness (QED) is 0.294. The van der Waals surface area contributed by atoms with Crippen molar-refractivity contribution in [3.8, 4) is 0 Å². The lowest BCUT2D eigenvalue weighted by Crippen LogP contribution is -2.58. The number of ether oxygens (including phenoxy) is 1. The molecule has 0 aromatic carbocycles. The third-order valence-corrected chi connectivity index (χ3v) is 17.9. The number of Topliss-reactive ketones (excluding diaryl/α,β-unsaturated/α-hetero) is 4. The van der Waals surface area contributed by atoms with Gasteiger partial charge in [-0.1, -0.05) is 27.7 Å². The Labute approximate surface area is 311 Å². The fourth-order valence-electron chi connectivity index (χ4n) is 15.6. The first-order valence-electron chi connectivity index (χ1n) is 21.0. The van der Waals surface area contributed by atoms with Crippen LogP contribution in [0.15, 0.2) is 0 Å². The third kappa shape index (κ3) is 6.01. The highest BCUT2D eigenvalue weighted by Gasteiger charge is 2.65. The van der Waals surface area contributed by atoms with Crippen LogP contribution in [0.1, 0.15) is 144 Å². The number of hydrogen-bond donors (Lipinski definition) is 2. The molecule has 0 aromatic rings. The second-order valence-corrected chi connectivity index (χ2v) is 20.3. The fourth-order valence-corrected chi connectivity index (χ4v) is 15.6. The molecule has 2 N–H and O–H groups in total. The molecule has 16 atom stereocenters. The number of esters is 1. The van der Waals surface area contributed by atoms with Gasteiger partial charge in [0, 0.05) is 43.4 Å². The maximum Gasteiger partial charge on any atom is 0.303 e. The van der Waals surface area contributed by atoms with Gasteiger partial charge < -0.3 is 14.9 Å². The number of carbonyl (C=O) groups is 5. The molecule has 8 heteroatoms. The van der Waals surface area contributed by atoms with E-state index in [2.05, 4.69) is 27.7 Å². The van der Waals surface area contributed by atoms with Crippen LogP contribution in [0.5, 0.6) is 0 Å². The van der Waals surface area contributed by atoms with Gasteiger partial charge in [-0.05, 0) is 154 Å². The molecule has 0 amide bonds. The maximum absolute atomic E-state index is 13.5. The Bertz CT molecular complexity index is 1470. The summed E-state index contributed by atoms with van der Waals surface area (Å²) in [6.07, 6.45) is 14.3. The topological polar surface area (TPSA) is 135 Å². The molecule has 0 radical (unpaired) electrons. The lowest BCUT2D eigenvalue weighted by atomic mass is 9.44. The van der Waals surface area contributed by atoms with E-state index in [4.69, 9.17) is 4.74 Å². The van der Waals surface area contributed by atoms with Gasteiger partial charge in [-0.3, -0.25) is 24.0 Å². The van der Waals surface area contributed by atoms with Crippen LogP contribution in [0.3, 0.4) is 0 Å². The van der Waals surface area contributed by atoms with Crippen molar-refractivity contribution in [2.75, 3.05) is 6.61 Å². The highest BCUT2D eigenvalue weighted by molar-refractivity contribution is 5.89. The van der Waals surface area contributed by atoms with E-state index >= 15 is 0 Å². The molecule has 0 aromatic heterocycles. The number of aliphatic hydroxyl groups is 2. The summed E-state index contributed by atoms with van der Waals surface area (Å²) >= 11 is 0. The Morgan fingerprint density at radius 1 is 0.615 bits per heavy atom. The molecule has 8 aliphatic carbocycles. The Morgan fingerprint density at radius 2 is 1.06 bits per heavy atom. The zero-order valence-electron chi connectivity index (χ0n) is 32.8. The summed E-state index contributed by atoms with van der Waals surface area (Å²) in [6, 6.07) is 0. The van der Waals surface area contributed by atoms with Gasteiger partial charge in [0.05, 0.1) is 12.2 Å². The molecule has 52 heavy (non-hydrogen) atoms. The van der Waals surface area contributed by atoms with E-state index in [1.165, 1.54) is 6.92 Å². The van der Waals surface area contributed by atoms with E-state index in [9.17, 15) is 34.2 Å². The highest BCUT2D eigenvalue weighted by Crippen LogP contribution is 2.68. The summed E-state index contributed by atoms with van der Waals surface area (Å²) in [6.45, 7) is 11.9. The van der Waals surface area contributed by atoms with Crippen molar-refractivity contribution in [2.45, 2.75) is 156 Å². The second-order valence-electron chi connectivity index (χ2n) is 20.3. The van der Waals surface area contributed by atoms with Gasteiger partial charge in [0.2, 0.25) is 0 Å². The van der Waals surface area contributed by atoms with Crippen molar-refractivity contribution in [2.24, 2.45) is 80.8 Å². The number of rotatable bonds is 4. The predicted octanol–water partition coefficient (Wildman–Crippen LogP) is 7.09. The summed E-state index contributed by atoms with van der Waals surface area (Å²) in [5.74, 6) is 3.46. The Hall–Kier alpha value is -1.93. The van der Waals surface area contributed by atoms with E-state index in [1.54, 1.807) is 6.92 Å². The summed E-state index contributed by atoms with van der Waals surface area (Å²) in [4.78, 5) is 62.9. The molecule has 8 fully saturated rings. The minimum atomic E-state index is -0.432. The van der Waals surface area contributed by atoms with Crippen molar-refractivity contribution in [1.82, 2.24) is 0 Å². The van der Waals surface area contributed by atoms with Crippen LogP contribution in [0.2, 0.25) is 0 Å². The monoisotopic (exact) mass is 722 g/mol.